The van der Waals surface area contributed by atoms with Crippen LogP contribution in [0.3, 0.4) is 0 Å². The van der Waals surface area contributed by atoms with Crippen LogP contribution in [0, 0.1) is 11.8 Å². The monoisotopic (exact) mass is 282 g/mol. The molecule has 1 aliphatic carbocycles. The van der Waals surface area contributed by atoms with Crippen molar-refractivity contribution in [2.75, 3.05) is 26.2 Å². The lowest BCUT2D eigenvalue weighted by atomic mass is 9.87. The molecule has 2 fully saturated rings. The van der Waals surface area contributed by atoms with Crippen LogP contribution in [0.1, 0.15) is 58.8 Å². The van der Waals surface area contributed by atoms with Crippen molar-refractivity contribution < 1.29 is 5.11 Å². The molecule has 2 N–H and O–H groups in total. The van der Waals surface area contributed by atoms with Gasteiger partial charge in [-0.2, -0.15) is 0 Å². The van der Waals surface area contributed by atoms with Gasteiger partial charge in [-0.1, -0.05) is 33.1 Å². The smallest absolute Gasteiger partial charge is 0.0434 e. The lowest BCUT2D eigenvalue weighted by Gasteiger charge is -2.43. The minimum absolute atomic E-state index is 0.347. The maximum absolute atomic E-state index is 9.28. The van der Waals surface area contributed by atoms with E-state index in [1.807, 2.05) is 0 Å². The van der Waals surface area contributed by atoms with Crippen LogP contribution in [-0.4, -0.2) is 48.3 Å². The van der Waals surface area contributed by atoms with Gasteiger partial charge in [0.25, 0.3) is 0 Å². The summed E-state index contributed by atoms with van der Waals surface area (Å²) in [5.41, 5.74) is 0. The first kappa shape index (κ1) is 16.3. The molecule has 2 rings (SSSR count). The fourth-order valence-corrected chi connectivity index (χ4v) is 3.93. The Balaban J connectivity index is 1.88. The standard InChI is InChI=1S/C17H34N2O/c1-14(2)11-18-16-10-15(8-9-20)12-19(13-16)17-6-4-3-5-7-17/h14-18,20H,3-13H2,1-2H3. The maximum Gasteiger partial charge on any atom is 0.0434 e. The normalized spacial score (nSPS) is 30.0. The van der Waals surface area contributed by atoms with Crippen molar-refractivity contribution in [2.24, 2.45) is 11.8 Å². The van der Waals surface area contributed by atoms with Crippen LogP contribution in [0.5, 0.6) is 0 Å². The SMILES string of the molecule is CC(C)CNC1CC(CCO)CN(C2CCCCC2)C1. The van der Waals surface area contributed by atoms with Gasteiger partial charge in [-0.05, 0) is 44.1 Å². The van der Waals surface area contributed by atoms with Crippen molar-refractivity contribution in [3.63, 3.8) is 0 Å². The van der Waals surface area contributed by atoms with Gasteiger partial charge in [0.1, 0.15) is 0 Å². The molecule has 0 aromatic carbocycles. The van der Waals surface area contributed by atoms with Gasteiger partial charge in [0, 0.05) is 31.8 Å². The number of aliphatic hydroxyl groups excluding tert-OH is 1. The highest BCUT2D eigenvalue weighted by molar-refractivity contribution is 4.88. The second-order valence-corrected chi connectivity index (χ2v) is 7.36. The van der Waals surface area contributed by atoms with Gasteiger partial charge in [-0.25, -0.2) is 0 Å². The zero-order valence-electron chi connectivity index (χ0n) is 13.5. The minimum Gasteiger partial charge on any atom is -0.396 e. The van der Waals surface area contributed by atoms with Crippen LogP contribution in [0.2, 0.25) is 0 Å². The zero-order valence-corrected chi connectivity index (χ0v) is 13.5. The Hall–Kier alpha value is -0.120. The Morgan fingerprint density at radius 1 is 1.15 bits per heavy atom. The lowest BCUT2D eigenvalue weighted by Crippen LogP contribution is -2.53. The van der Waals surface area contributed by atoms with Crippen LogP contribution in [0.15, 0.2) is 0 Å². The van der Waals surface area contributed by atoms with Crippen molar-refractivity contribution in [3.8, 4) is 0 Å². The summed E-state index contributed by atoms with van der Waals surface area (Å²) in [5.74, 6) is 1.40. The maximum atomic E-state index is 9.28. The van der Waals surface area contributed by atoms with Gasteiger partial charge in [0.05, 0.1) is 0 Å². The topological polar surface area (TPSA) is 35.5 Å². The van der Waals surface area contributed by atoms with Gasteiger partial charge in [0.2, 0.25) is 0 Å². The largest absolute Gasteiger partial charge is 0.396 e. The molecule has 1 saturated carbocycles. The van der Waals surface area contributed by atoms with Crippen LogP contribution < -0.4 is 5.32 Å². The van der Waals surface area contributed by atoms with E-state index >= 15 is 0 Å². The molecule has 0 spiro atoms. The molecule has 0 bridgehead atoms. The van der Waals surface area contributed by atoms with Crippen LogP contribution in [0.25, 0.3) is 0 Å². The van der Waals surface area contributed by atoms with Gasteiger partial charge in [-0.3, -0.25) is 4.90 Å². The first-order valence-electron chi connectivity index (χ1n) is 8.77. The Morgan fingerprint density at radius 3 is 2.55 bits per heavy atom. The first-order valence-corrected chi connectivity index (χ1v) is 8.77. The predicted molar refractivity (Wildman–Crippen MR) is 84.9 cm³/mol. The zero-order chi connectivity index (χ0) is 14.4. The number of aliphatic hydroxyl groups is 1. The summed E-state index contributed by atoms with van der Waals surface area (Å²) in [7, 11) is 0. The van der Waals surface area contributed by atoms with E-state index in [1.54, 1.807) is 0 Å². The molecule has 3 heteroatoms. The van der Waals surface area contributed by atoms with E-state index < -0.39 is 0 Å². The van der Waals surface area contributed by atoms with E-state index in [9.17, 15) is 5.11 Å². The predicted octanol–water partition coefficient (Wildman–Crippen LogP) is 2.64. The number of hydrogen-bond donors (Lipinski definition) is 2. The molecule has 1 heterocycles. The Morgan fingerprint density at radius 2 is 1.90 bits per heavy atom. The quantitative estimate of drug-likeness (QED) is 0.786. The lowest BCUT2D eigenvalue weighted by molar-refractivity contribution is 0.0671. The molecular weight excluding hydrogens is 248 g/mol. The average molecular weight is 282 g/mol. The van der Waals surface area contributed by atoms with Gasteiger partial charge in [-0.15, -0.1) is 0 Å². The summed E-state index contributed by atoms with van der Waals surface area (Å²) in [6.07, 6.45) is 9.26. The number of piperidine rings is 1. The van der Waals surface area contributed by atoms with Crippen molar-refractivity contribution in [2.45, 2.75) is 70.9 Å². The van der Waals surface area contributed by atoms with E-state index in [0.29, 0.717) is 18.6 Å². The van der Waals surface area contributed by atoms with Crippen molar-refractivity contribution in [1.82, 2.24) is 10.2 Å². The van der Waals surface area contributed by atoms with Crippen molar-refractivity contribution in [1.29, 1.82) is 0 Å². The summed E-state index contributed by atoms with van der Waals surface area (Å²) in [6.45, 7) is 8.46. The van der Waals surface area contributed by atoms with E-state index in [1.165, 1.54) is 51.6 Å². The molecule has 2 unspecified atom stereocenters. The first-order chi connectivity index (χ1) is 9.69. The molecule has 2 aliphatic rings. The average Bonchev–Trinajstić information content (AvgIpc) is 2.46. The number of likely N-dealkylation sites (tertiary alicyclic amines) is 1. The highest BCUT2D eigenvalue weighted by atomic mass is 16.3. The van der Waals surface area contributed by atoms with Gasteiger partial charge < -0.3 is 10.4 Å². The number of hydrogen-bond acceptors (Lipinski definition) is 3. The molecule has 1 saturated heterocycles. The van der Waals surface area contributed by atoms with E-state index in [0.717, 1.165) is 24.9 Å². The highest BCUT2D eigenvalue weighted by Gasteiger charge is 2.31. The molecule has 0 amide bonds. The van der Waals surface area contributed by atoms with Crippen LogP contribution in [0.4, 0.5) is 0 Å². The molecule has 0 radical (unpaired) electrons. The second-order valence-electron chi connectivity index (χ2n) is 7.36. The molecule has 2 atom stereocenters. The van der Waals surface area contributed by atoms with Crippen molar-refractivity contribution in [3.05, 3.63) is 0 Å². The number of nitrogens with zero attached hydrogens (tertiary/aromatic N) is 1. The highest BCUT2D eigenvalue weighted by Crippen LogP contribution is 2.28. The number of rotatable bonds is 6. The Labute approximate surface area is 125 Å². The third kappa shape index (κ3) is 5.01. The van der Waals surface area contributed by atoms with E-state index in [-0.39, 0.29) is 0 Å². The molecule has 3 nitrogen and oxygen atoms in total. The summed E-state index contributed by atoms with van der Waals surface area (Å²) in [6, 6.07) is 1.44. The summed E-state index contributed by atoms with van der Waals surface area (Å²) in [5, 5.41) is 13.0. The summed E-state index contributed by atoms with van der Waals surface area (Å²) < 4.78 is 0. The Bertz CT molecular complexity index is 264. The van der Waals surface area contributed by atoms with E-state index in [4.69, 9.17) is 0 Å². The summed E-state index contributed by atoms with van der Waals surface area (Å²) >= 11 is 0. The Kier molecular flexibility index (Phi) is 6.79. The molecule has 0 aromatic heterocycles. The molecule has 1 aliphatic heterocycles. The third-order valence-electron chi connectivity index (χ3n) is 5.01. The summed E-state index contributed by atoms with van der Waals surface area (Å²) in [4.78, 5) is 2.74. The number of nitrogens with one attached hydrogen (secondary N) is 1. The fraction of sp³-hybridized carbons (Fsp3) is 1.00. The van der Waals surface area contributed by atoms with Gasteiger partial charge in [0.15, 0.2) is 0 Å². The fourth-order valence-electron chi connectivity index (χ4n) is 3.93. The van der Waals surface area contributed by atoms with Crippen LogP contribution in [-0.2, 0) is 0 Å². The molecular formula is C17H34N2O. The molecule has 0 aromatic rings. The van der Waals surface area contributed by atoms with Gasteiger partial charge >= 0.3 is 0 Å². The van der Waals surface area contributed by atoms with Crippen LogP contribution >= 0.6 is 0 Å². The van der Waals surface area contributed by atoms with E-state index in [2.05, 4.69) is 24.1 Å². The second kappa shape index (κ2) is 8.35. The van der Waals surface area contributed by atoms with Crippen molar-refractivity contribution >= 4 is 0 Å². The minimum atomic E-state index is 0.347. The third-order valence-corrected chi connectivity index (χ3v) is 5.01. The molecule has 118 valence electrons. The molecule has 20 heavy (non-hydrogen) atoms.